The smallest absolute Gasteiger partial charge is 0.242 e. The third kappa shape index (κ3) is 3.53. The number of hydrogen-bond acceptors (Lipinski definition) is 6. The van der Waals surface area contributed by atoms with Crippen molar-refractivity contribution in [2.75, 3.05) is 5.43 Å². The number of nitrogens with zero attached hydrogens (tertiary/aromatic N) is 3. The van der Waals surface area contributed by atoms with Crippen LogP contribution in [-0.2, 0) is 16.6 Å². The van der Waals surface area contributed by atoms with E-state index in [0.717, 1.165) is 0 Å². The Morgan fingerprint density at radius 3 is 2.80 bits per heavy atom. The normalized spacial score (nSPS) is 13.1. The molecule has 0 amide bonds. The molecule has 1 unspecified atom stereocenters. The second-order valence-electron chi connectivity index (χ2n) is 4.31. The number of rotatable bonds is 6. The number of pyridine rings is 1. The van der Waals surface area contributed by atoms with Gasteiger partial charge >= 0.3 is 0 Å². The van der Waals surface area contributed by atoms with E-state index in [1.54, 1.807) is 30.2 Å². The van der Waals surface area contributed by atoms with Crippen LogP contribution in [-0.4, -0.2) is 29.0 Å². The highest BCUT2D eigenvalue weighted by Gasteiger charge is 2.17. The number of sulfonamides is 1. The Morgan fingerprint density at radius 2 is 2.25 bits per heavy atom. The largest absolute Gasteiger partial charge is 0.336 e. The minimum absolute atomic E-state index is 0.0916. The number of hydrazine groups is 1. The molecule has 1 atom stereocenters. The van der Waals surface area contributed by atoms with Crippen LogP contribution in [0.5, 0.6) is 0 Å². The van der Waals surface area contributed by atoms with Gasteiger partial charge < -0.3 is 9.99 Å². The molecule has 108 valence electrons. The van der Waals surface area contributed by atoms with Gasteiger partial charge in [-0.05, 0) is 19.1 Å². The van der Waals surface area contributed by atoms with Crippen LogP contribution in [0.4, 0.5) is 5.82 Å². The van der Waals surface area contributed by atoms with E-state index in [0.29, 0.717) is 12.4 Å². The van der Waals surface area contributed by atoms with E-state index >= 15 is 0 Å². The molecule has 0 bridgehead atoms. The van der Waals surface area contributed by atoms with Gasteiger partial charge in [0.05, 0.1) is 6.33 Å². The van der Waals surface area contributed by atoms with Gasteiger partial charge in [-0.1, -0.05) is 0 Å². The zero-order valence-corrected chi connectivity index (χ0v) is 11.7. The molecule has 0 radical (unpaired) electrons. The summed E-state index contributed by atoms with van der Waals surface area (Å²) >= 11 is 0. The molecule has 4 N–H and O–H groups in total. The molecule has 0 fully saturated rings. The molecule has 9 heteroatoms. The van der Waals surface area contributed by atoms with Crippen LogP contribution in [0.2, 0.25) is 0 Å². The second kappa shape index (κ2) is 5.99. The Balaban J connectivity index is 2.05. The fourth-order valence-corrected chi connectivity index (χ4v) is 2.88. The van der Waals surface area contributed by atoms with E-state index in [9.17, 15) is 8.42 Å². The zero-order valence-electron chi connectivity index (χ0n) is 10.9. The maximum atomic E-state index is 12.1. The van der Waals surface area contributed by atoms with E-state index in [-0.39, 0.29) is 10.9 Å². The van der Waals surface area contributed by atoms with Gasteiger partial charge in [0, 0.05) is 31.2 Å². The summed E-state index contributed by atoms with van der Waals surface area (Å²) in [7, 11) is -3.60. The molecule has 0 saturated carbocycles. The summed E-state index contributed by atoms with van der Waals surface area (Å²) in [5.74, 6) is 5.58. The fourth-order valence-electron chi connectivity index (χ4n) is 1.71. The average molecular weight is 296 g/mol. The summed E-state index contributed by atoms with van der Waals surface area (Å²) in [6.45, 7) is 2.27. The average Bonchev–Trinajstić information content (AvgIpc) is 2.91. The number of aromatic nitrogens is 3. The summed E-state index contributed by atoms with van der Waals surface area (Å²) in [6.07, 6.45) is 6.30. The molecule has 0 aliphatic heterocycles. The summed E-state index contributed by atoms with van der Waals surface area (Å²) in [5.41, 5.74) is 2.34. The highest BCUT2D eigenvalue weighted by atomic mass is 32.2. The van der Waals surface area contributed by atoms with Gasteiger partial charge in [0.1, 0.15) is 10.7 Å². The van der Waals surface area contributed by atoms with Crippen molar-refractivity contribution in [1.82, 2.24) is 19.3 Å². The highest BCUT2D eigenvalue weighted by molar-refractivity contribution is 7.89. The van der Waals surface area contributed by atoms with Crippen molar-refractivity contribution in [3.8, 4) is 0 Å². The predicted octanol–water partition coefficient (Wildman–Crippen LogP) is -0.0693. The maximum absolute atomic E-state index is 12.1. The molecule has 2 aromatic rings. The lowest BCUT2D eigenvalue weighted by Gasteiger charge is -2.14. The topological polar surface area (TPSA) is 115 Å². The number of nitrogens with two attached hydrogens (primary N) is 1. The van der Waals surface area contributed by atoms with Crippen LogP contribution in [0.15, 0.2) is 41.9 Å². The molecule has 0 aromatic carbocycles. The third-order valence-corrected chi connectivity index (χ3v) is 4.17. The third-order valence-electron chi connectivity index (χ3n) is 2.59. The van der Waals surface area contributed by atoms with Crippen LogP contribution in [0.3, 0.4) is 0 Å². The Bertz CT molecular complexity index is 638. The van der Waals surface area contributed by atoms with Gasteiger partial charge in [0.25, 0.3) is 0 Å². The molecule has 0 spiro atoms. The zero-order chi connectivity index (χ0) is 14.6. The Labute approximate surface area is 117 Å². The number of imidazole rings is 1. The lowest BCUT2D eigenvalue weighted by atomic mass is 10.4. The molecule has 2 rings (SSSR count). The number of hydrogen-bond donors (Lipinski definition) is 3. The Hall–Kier alpha value is -1.97. The van der Waals surface area contributed by atoms with Crippen LogP contribution in [0.25, 0.3) is 0 Å². The van der Waals surface area contributed by atoms with Crippen molar-refractivity contribution < 1.29 is 8.42 Å². The Morgan fingerprint density at radius 1 is 1.45 bits per heavy atom. The lowest BCUT2D eigenvalue weighted by Crippen LogP contribution is -2.35. The summed E-state index contributed by atoms with van der Waals surface area (Å²) in [5, 5.41) is 0. The monoisotopic (exact) mass is 296 g/mol. The minimum Gasteiger partial charge on any atom is -0.336 e. The van der Waals surface area contributed by atoms with Crippen LogP contribution >= 0.6 is 0 Å². The van der Waals surface area contributed by atoms with Crippen molar-refractivity contribution in [3.05, 3.63) is 37.1 Å². The summed E-state index contributed by atoms with van der Waals surface area (Å²) < 4.78 is 28.7. The van der Waals surface area contributed by atoms with Gasteiger partial charge in [0.15, 0.2) is 0 Å². The van der Waals surface area contributed by atoms with E-state index in [1.165, 1.54) is 18.3 Å². The van der Waals surface area contributed by atoms with Crippen molar-refractivity contribution in [2.45, 2.75) is 24.4 Å². The minimum atomic E-state index is -3.60. The molecule has 20 heavy (non-hydrogen) atoms. The number of nitrogen functional groups attached to an aromatic ring is 1. The molecule has 0 aliphatic carbocycles. The molecule has 2 aromatic heterocycles. The summed E-state index contributed by atoms with van der Waals surface area (Å²) in [4.78, 5) is 7.87. The second-order valence-corrected chi connectivity index (χ2v) is 6.02. The first-order valence-electron chi connectivity index (χ1n) is 5.92. The van der Waals surface area contributed by atoms with Crippen LogP contribution in [0, 0.1) is 0 Å². The van der Waals surface area contributed by atoms with Gasteiger partial charge in [-0.3, -0.25) is 0 Å². The van der Waals surface area contributed by atoms with Gasteiger partial charge in [-0.2, -0.15) is 0 Å². The highest BCUT2D eigenvalue weighted by Crippen LogP contribution is 2.10. The van der Waals surface area contributed by atoms with Crippen molar-refractivity contribution in [2.24, 2.45) is 5.84 Å². The molecule has 8 nitrogen and oxygen atoms in total. The standard InChI is InChI=1S/C11H16N6O2S/c1-9(7-17-5-4-13-8-17)16-20(18,19)10-2-3-11(15-12)14-6-10/h2-6,8-9,16H,7,12H2,1H3,(H,14,15). The van der Waals surface area contributed by atoms with E-state index in [2.05, 4.69) is 20.1 Å². The lowest BCUT2D eigenvalue weighted by molar-refractivity contribution is 0.520. The molecule has 0 aliphatic rings. The van der Waals surface area contributed by atoms with Crippen molar-refractivity contribution >= 4 is 15.8 Å². The SMILES string of the molecule is CC(Cn1ccnc1)NS(=O)(=O)c1ccc(NN)nc1. The van der Waals surface area contributed by atoms with Crippen molar-refractivity contribution in [3.63, 3.8) is 0 Å². The van der Waals surface area contributed by atoms with Gasteiger partial charge in [-0.15, -0.1) is 0 Å². The van der Waals surface area contributed by atoms with E-state index < -0.39 is 10.0 Å². The number of anilines is 1. The molecule has 0 saturated heterocycles. The first-order chi connectivity index (χ1) is 9.51. The molecular weight excluding hydrogens is 280 g/mol. The fraction of sp³-hybridized carbons (Fsp3) is 0.273. The van der Waals surface area contributed by atoms with Crippen LogP contribution in [0.1, 0.15) is 6.92 Å². The molecule has 2 heterocycles. The summed E-state index contributed by atoms with van der Waals surface area (Å²) in [6, 6.07) is 2.66. The van der Waals surface area contributed by atoms with E-state index in [1.807, 2.05) is 0 Å². The van der Waals surface area contributed by atoms with Crippen LogP contribution < -0.4 is 16.0 Å². The van der Waals surface area contributed by atoms with Gasteiger partial charge in [-0.25, -0.2) is 29.0 Å². The number of nitrogens with one attached hydrogen (secondary N) is 2. The van der Waals surface area contributed by atoms with Crippen molar-refractivity contribution in [1.29, 1.82) is 0 Å². The van der Waals surface area contributed by atoms with E-state index in [4.69, 9.17) is 5.84 Å². The quantitative estimate of drug-likeness (QED) is 0.508. The molecular formula is C11H16N6O2S. The first-order valence-corrected chi connectivity index (χ1v) is 7.40. The van der Waals surface area contributed by atoms with Gasteiger partial charge in [0.2, 0.25) is 10.0 Å². The first kappa shape index (κ1) is 14.4. The predicted molar refractivity (Wildman–Crippen MR) is 74.1 cm³/mol. The Kier molecular flexibility index (Phi) is 4.32. The maximum Gasteiger partial charge on any atom is 0.242 e.